The Balaban J connectivity index is 0.00000220. The van der Waals surface area contributed by atoms with Crippen LogP contribution in [0.2, 0.25) is 0 Å². The number of nitrogens with zero attached hydrogens (tertiary/aromatic N) is 1. The van der Waals surface area contributed by atoms with Crippen molar-refractivity contribution in [3.05, 3.63) is 36.5 Å². The zero-order valence-corrected chi connectivity index (χ0v) is 12.6. The number of carbonyl (C=O) groups is 1. The van der Waals surface area contributed by atoms with Gasteiger partial charge in [0.25, 0.3) is 0 Å². The molecule has 3 N–H and O–H groups in total. The molecule has 0 bridgehead atoms. The van der Waals surface area contributed by atoms with E-state index in [1.807, 2.05) is 30.3 Å². The summed E-state index contributed by atoms with van der Waals surface area (Å²) in [5, 5.41) is 12.6. The lowest BCUT2D eigenvalue weighted by atomic mass is 10.1. The molecule has 0 atom stereocenters. The summed E-state index contributed by atoms with van der Waals surface area (Å²) in [6, 6.07) is 9.49. The zero-order valence-electron chi connectivity index (χ0n) is 11.8. The number of anilines is 1. The van der Waals surface area contributed by atoms with Gasteiger partial charge in [-0.2, -0.15) is 5.10 Å². The molecule has 0 saturated heterocycles. The second-order valence-corrected chi connectivity index (χ2v) is 4.27. The molecule has 0 unspecified atom stereocenters. The van der Waals surface area contributed by atoms with Gasteiger partial charge in [-0.05, 0) is 18.2 Å². The summed E-state index contributed by atoms with van der Waals surface area (Å²) in [5.41, 5.74) is 2.66. The van der Waals surface area contributed by atoms with Crippen molar-refractivity contribution < 1.29 is 9.53 Å². The molecule has 0 aliphatic heterocycles. The number of nitrogens with one attached hydrogen (secondary N) is 3. The maximum atomic E-state index is 11.7. The Morgan fingerprint density at radius 2 is 2.24 bits per heavy atom. The summed E-state index contributed by atoms with van der Waals surface area (Å²) in [4.78, 5) is 11.7. The molecular weight excluding hydrogens is 292 g/mol. The van der Waals surface area contributed by atoms with E-state index in [-0.39, 0.29) is 24.9 Å². The van der Waals surface area contributed by atoms with Crippen molar-refractivity contribution in [3.63, 3.8) is 0 Å². The van der Waals surface area contributed by atoms with Crippen molar-refractivity contribution in [1.82, 2.24) is 15.5 Å². The topological polar surface area (TPSA) is 79.0 Å². The second kappa shape index (κ2) is 9.12. The maximum Gasteiger partial charge on any atom is 0.238 e. The van der Waals surface area contributed by atoms with Crippen LogP contribution in [0.25, 0.3) is 11.3 Å². The third kappa shape index (κ3) is 5.55. The van der Waals surface area contributed by atoms with E-state index in [9.17, 15) is 4.79 Å². The number of rotatable bonds is 7. The standard InChI is InChI=1S/C14H18N4O2.ClH/c1-20-8-7-15-10-14(19)17-12-4-2-3-11(9-12)13-5-6-16-18-13;/h2-6,9,15H,7-8,10H2,1H3,(H,16,18)(H,17,19);1H. The fourth-order valence-electron chi connectivity index (χ4n) is 1.76. The van der Waals surface area contributed by atoms with Crippen LogP contribution in [0.3, 0.4) is 0 Å². The van der Waals surface area contributed by atoms with E-state index in [1.165, 1.54) is 0 Å². The summed E-state index contributed by atoms with van der Waals surface area (Å²) in [6.07, 6.45) is 1.69. The molecule has 6 nitrogen and oxygen atoms in total. The molecule has 1 heterocycles. The van der Waals surface area contributed by atoms with Crippen molar-refractivity contribution >= 4 is 24.0 Å². The lowest BCUT2D eigenvalue weighted by Gasteiger charge is -2.07. The normalized spacial score (nSPS) is 9.95. The molecule has 2 aromatic rings. The van der Waals surface area contributed by atoms with E-state index >= 15 is 0 Å². The number of hydrogen-bond acceptors (Lipinski definition) is 4. The fraction of sp³-hybridized carbons (Fsp3) is 0.286. The van der Waals surface area contributed by atoms with Gasteiger partial charge in [-0.15, -0.1) is 12.4 Å². The van der Waals surface area contributed by atoms with Gasteiger partial charge in [0.05, 0.1) is 18.8 Å². The first-order chi connectivity index (χ1) is 9.79. The van der Waals surface area contributed by atoms with Gasteiger partial charge in [0, 0.05) is 31.1 Å². The van der Waals surface area contributed by atoms with E-state index in [2.05, 4.69) is 20.8 Å². The smallest absolute Gasteiger partial charge is 0.238 e. The van der Waals surface area contributed by atoms with Gasteiger partial charge in [0.15, 0.2) is 0 Å². The predicted octanol–water partition coefficient (Wildman–Crippen LogP) is 1.67. The number of ether oxygens (including phenoxy) is 1. The number of H-pyrrole nitrogens is 1. The monoisotopic (exact) mass is 310 g/mol. The molecule has 21 heavy (non-hydrogen) atoms. The predicted molar refractivity (Wildman–Crippen MR) is 84.6 cm³/mol. The SMILES string of the molecule is COCCNCC(=O)Nc1cccc(-c2ccn[nH]2)c1.Cl. The Kier molecular flexibility index (Phi) is 7.45. The van der Waals surface area contributed by atoms with Crippen LogP contribution in [0, 0.1) is 0 Å². The Labute approximate surface area is 129 Å². The van der Waals surface area contributed by atoms with E-state index in [0.717, 1.165) is 16.9 Å². The first-order valence-electron chi connectivity index (χ1n) is 6.39. The number of hydrogen-bond donors (Lipinski definition) is 3. The summed E-state index contributed by atoms with van der Waals surface area (Å²) in [6.45, 7) is 1.50. The highest BCUT2D eigenvalue weighted by molar-refractivity contribution is 5.92. The number of carbonyl (C=O) groups excluding carboxylic acids is 1. The molecule has 114 valence electrons. The minimum Gasteiger partial charge on any atom is -0.383 e. The van der Waals surface area contributed by atoms with Crippen molar-refractivity contribution in [2.45, 2.75) is 0 Å². The average Bonchev–Trinajstić information content (AvgIpc) is 2.98. The van der Waals surface area contributed by atoms with Crippen molar-refractivity contribution in [2.75, 3.05) is 32.1 Å². The molecule has 7 heteroatoms. The minimum atomic E-state index is -0.0807. The van der Waals surface area contributed by atoms with Crippen LogP contribution in [-0.2, 0) is 9.53 Å². The van der Waals surface area contributed by atoms with Crippen LogP contribution in [0.4, 0.5) is 5.69 Å². The summed E-state index contributed by atoms with van der Waals surface area (Å²) in [5.74, 6) is -0.0807. The maximum absolute atomic E-state index is 11.7. The Hall–Kier alpha value is -1.89. The zero-order chi connectivity index (χ0) is 14.2. The Morgan fingerprint density at radius 3 is 2.95 bits per heavy atom. The first kappa shape index (κ1) is 17.2. The molecule has 2 rings (SSSR count). The number of aromatic amines is 1. The van der Waals surface area contributed by atoms with E-state index < -0.39 is 0 Å². The molecule has 0 aliphatic rings. The van der Waals surface area contributed by atoms with Crippen LogP contribution in [0.5, 0.6) is 0 Å². The Bertz CT molecular complexity index is 546. The molecule has 0 fully saturated rings. The molecular formula is C14H19ClN4O2. The fourth-order valence-corrected chi connectivity index (χ4v) is 1.76. The van der Waals surface area contributed by atoms with Crippen LogP contribution in [0.15, 0.2) is 36.5 Å². The average molecular weight is 311 g/mol. The van der Waals surface area contributed by atoms with Crippen LogP contribution in [0.1, 0.15) is 0 Å². The number of benzene rings is 1. The van der Waals surface area contributed by atoms with Gasteiger partial charge in [-0.3, -0.25) is 9.89 Å². The first-order valence-corrected chi connectivity index (χ1v) is 6.39. The quantitative estimate of drug-likeness (QED) is 0.680. The van der Waals surface area contributed by atoms with Crippen LogP contribution < -0.4 is 10.6 Å². The Morgan fingerprint density at radius 1 is 1.38 bits per heavy atom. The second-order valence-electron chi connectivity index (χ2n) is 4.27. The molecule has 1 aromatic carbocycles. The van der Waals surface area contributed by atoms with E-state index in [0.29, 0.717) is 13.2 Å². The van der Waals surface area contributed by atoms with Crippen molar-refractivity contribution in [1.29, 1.82) is 0 Å². The number of halogens is 1. The van der Waals surface area contributed by atoms with Gasteiger partial charge in [-0.1, -0.05) is 12.1 Å². The molecule has 1 amide bonds. The molecule has 0 saturated carbocycles. The van der Waals surface area contributed by atoms with Gasteiger partial charge in [0.2, 0.25) is 5.91 Å². The highest BCUT2D eigenvalue weighted by Gasteiger charge is 2.04. The lowest BCUT2D eigenvalue weighted by molar-refractivity contribution is -0.115. The largest absolute Gasteiger partial charge is 0.383 e. The number of methoxy groups -OCH3 is 1. The van der Waals surface area contributed by atoms with Gasteiger partial charge in [0.1, 0.15) is 0 Å². The van der Waals surface area contributed by atoms with Gasteiger partial charge in [-0.25, -0.2) is 0 Å². The van der Waals surface area contributed by atoms with E-state index in [4.69, 9.17) is 4.74 Å². The van der Waals surface area contributed by atoms with Crippen LogP contribution >= 0.6 is 12.4 Å². The molecule has 1 aromatic heterocycles. The lowest BCUT2D eigenvalue weighted by Crippen LogP contribution is -2.30. The molecule has 0 spiro atoms. The summed E-state index contributed by atoms with van der Waals surface area (Å²) < 4.78 is 4.90. The highest BCUT2D eigenvalue weighted by atomic mass is 35.5. The third-order valence-corrected chi connectivity index (χ3v) is 2.73. The number of aromatic nitrogens is 2. The van der Waals surface area contributed by atoms with Gasteiger partial charge < -0.3 is 15.4 Å². The van der Waals surface area contributed by atoms with Crippen molar-refractivity contribution in [2.24, 2.45) is 0 Å². The summed E-state index contributed by atoms with van der Waals surface area (Å²) >= 11 is 0. The summed E-state index contributed by atoms with van der Waals surface area (Å²) in [7, 11) is 1.63. The van der Waals surface area contributed by atoms with E-state index in [1.54, 1.807) is 13.3 Å². The third-order valence-electron chi connectivity index (χ3n) is 2.73. The molecule has 0 aliphatic carbocycles. The number of amides is 1. The van der Waals surface area contributed by atoms with Crippen LogP contribution in [-0.4, -0.2) is 42.9 Å². The highest BCUT2D eigenvalue weighted by Crippen LogP contribution is 2.20. The van der Waals surface area contributed by atoms with Crippen molar-refractivity contribution in [3.8, 4) is 11.3 Å². The molecule has 0 radical (unpaired) electrons. The van der Waals surface area contributed by atoms with Gasteiger partial charge >= 0.3 is 0 Å². The minimum absolute atomic E-state index is 0.